The molecule has 1 aliphatic carbocycles. The van der Waals surface area contributed by atoms with E-state index in [1.54, 1.807) is 0 Å². The minimum Gasteiger partial charge on any atom is -0.376 e. The third-order valence-electron chi connectivity index (χ3n) is 4.22. The van der Waals surface area contributed by atoms with E-state index in [2.05, 4.69) is 36.6 Å². The lowest BCUT2D eigenvalue weighted by atomic mass is 10.0. The van der Waals surface area contributed by atoms with Gasteiger partial charge in [-0.05, 0) is 50.3 Å². The zero-order valence-electron chi connectivity index (χ0n) is 13.2. The Labute approximate surface area is 145 Å². The van der Waals surface area contributed by atoms with Crippen molar-refractivity contribution in [1.29, 1.82) is 0 Å². The summed E-state index contributed by atoms with van der Waals surface area (Å²) < 4.78 is 0. The van der Waals surface area contributed by atoms with Gasteiger partial charge in [-0.15, -0.1) is 24.8 Å². The molecule has 1 amide bonds. The van der Waals surface area contributed by atoms with Crippen molar-refractivity contribution in [2.75, 3.05) is 18.4 Å². The quantitative estimate of drug-likeness (QED) is 0.767. The highest BCUT2D eigenvalue weighted by Gasteiger charge is 2.27. The molecule has 1 aliphatic rings. The number of nitrogens with one attached hydrogen (secondary N) is 2. The van der Waals surface area contributed by atoms with Crippen LogP contribution in [-0.2, 0) is 4.79 Å². The van der Waals surface area contributed by atoms with Gasteiger partial charge in [-0.1, -0.05) is 24.6 Å². The van der Waals surface area contributed by atoms with Gasteiger partial charge in [-0.25, -0.2) is 0 Å². The lowest BCUT2D eigenvalue weighted by Crippen LogP contribution is -2.42. The fourth-order valence-electron chi connectivity index (χ4n) is 3.03. The Kier molecular flexibility index (Phi) is 9.49. The van der Waals surface area contributed by atoms with E-state index in [0.29, 0.717) is 19.0 Å². The molecule has 1 aromatic carbocycles. The van der Waals surface area contributed by atoms with Gasteiger partial charge in [0.1, 0.15) is 0 Å². The molecule has 0 aromatic heterocycles. The number of carbonyl (C=O) groups is 1. The average Bonchev–Trinajstić information content (AvgIpc) is 2.85. The summed E-state index contributed by atoms with van der Waals surface area (Å²) in [7, 11) is 0. The van der Waals surface area contributed by atoms with Gasteiger partial charge in [-0.2, -0.15) is 0 Å². The van der Waals surface area contributed by atoms with E-state index in [4.69, 9.17) is 5.73 Å². The Morgan fingerprint density at radius 1 is 1.23 bits per heavy atom. The van der Waals surface area contributed by atoms with Crippen molar-refractivity contribution >= 4 is 36.4 Å². The molecule has 2 rings (SSSR count). The first-order valence-electron chi connectivity index (χ1n) is 7.41. The number of para-hydroxylation sites is 1. The second-order valence-corrected chi connectivity index (χ2v) is 5.72. The molecule has 4 nitrogen and oxygen atoms in total. The van der Waals surface area contributed by atoms with Crippen LogP contribution in [0.15, 0.2) is 18.2 Å². The number of carbonyl (C=O) groups excluding carboxylic acids is 1. The molecule has 0 heterocycles. The maximum atomic E-state index is 12.0. The fraction of sp³-hybridized carbons (Fsp3) is 0.562. The highest BCUT2D eigenvalue weighted by atomic mass is 35.5. The molecule has 2 atom stereocenters. The number of hydrogen-bond donors (Lipinski definition) is 3. The topological polar surface area (TPSA) is 67.2 Å². The Morgan fingerprint density at radius 3 is 2.45 bits per heavy atom. The Bertz CT molecular complexity index is 462. The summed E-state index contributed by atoms with van der Waals surface area (Å²) in [5, 5.41) is 6.35. The van der Waals surface area contributed by atoms with E-state index in [1.165, 1.54) is 11.1 Å². The van der Waals surface area contributed by atoms with E-state index in [9.17, 15) is 4.79 Å². The number of hydrogen-bond acceptors (Lipinski definition) is 3. The average molecular weight is 348 g/mol. The van der Waals surface area contributed by atoms with Crippen molar-refractivity contribution in [2.45, 2.75) is 39.2 Å². The first kappa shape index (κ1) is 21.0. The van der Waals surface area contributed by atoms with Crippen LogP contribution < -0.4 is 16.4 Å². The molecule has 0 radical (unpaired) electrons. The van der Waals surface area contributed by atoms with Gasteiger partial charge in [0, 0.05) is 11.7 Å². The normalized spacial score (nSPS) is 19.8. The van der Waals surface area contributed by atoms with Gasteiger partial charge in [0.2, 0.25) is 5.91 Å². The number of anilines is 1. The molecule has 0 bridgehead atoms. The van der Waals surface area contributed by atoms with Crippen molar-refractivity contribution in [3.05, 3.63) is 29.3 Å². The molecule has 126 valence electrons. The SMILES string of the molecule is Cc1cccc(C)c1NCC(=O)NC1CCCC1CN.Cl.Cl. The third-order valence-corrected chi connectivity index (χ3v) is 4.22. The summed E-state index contributed by atoms with van der Waals surface area (Å²) in [4.78, 5) is 12.0. The summed E-state index contributed by atoms with van der Waals surface area (Å²) in [6.07, 6.45) is 3.35. The van der Waals surface area contributed by atoms with E-state index in [0.717, 1.165) is 24.9 Å². The Balaban J connectivity index is 0.00000220. The second-order valence-electron chi connectivity index (χ2n) is 5.72. The van der Waals surface area contributed by atoms with E-state index >= 15 is 0 Å². The molecule has 0 saturated heterocycles. The van der Waals surface area contributed by atoms with Crippen LogP contribution in [0.25, 0.3) is 0 Å². The maximum absolute atomic E-state index is 12.0. The summed E-state index contributed by atoms with van der Waals surface area (Å²) in [5.74, 6) is 0.497. The van der Waals surface area contributed by atoms with Crippen molar-refractivity contribution in [1.82, 2.24) is 5.32 Å². The van der Waals surface area contributed by atoms with Gasteiger partial charge in [0.15, 0.2) is 0 Å². The zero-order valence-corrected chi connectivity index (χ0v) is 14.9. The molecule has 1 saturated carbocycles. The molecule has 0 spiro atoms. The standard InChI is InChI=1S/C16H25N3O.2ClH/c1-11-5-3-6-12(2)16(11)18-10-15(20)19-14-8-4-7-13(14)9-17;;/h3,5-6,13-14,18H,4,7-10,17H2,1-2H3,(H,19,20);2*1H. The lowest BCUT2D eigenvalue weighted by Gasteiger charge is -2.20. The largest absolute Gasteiger partial charge is 0.376 e. The summed E-state index contributed by atoms with van der Waals surface area (Å²) in [5.41, 5.74) is 9.13. The molecule has 6 heteroatoms. The molecule has 2 unspecified atom stereocenters. The van der Waals surface area contributed by atoms with Gasteiger partial charge < -0.3 is 16.4 Å². The van der Waals surface area contributed by atoms with Gasteiger partial charge in [-0.3, -0.25) is 4.79 Å². The summed E-state index contributed by atoms with van der Waals surface area (Å²) in [6.45, 7) is 5.08. The van der Waals surface area contributed by atoms with Crippen molar-refractivity contribution in [2.24, 2.45) is 11.7 Å². The summed E-state index contributed by atoms with van der Waals surface area (Å²) >= 11 is 0. The number of nitrogens with two attached hydrogens (primary N) is 1. The number of aryl methyl sites for hydroxylation is 2. The molecular weight excluding hydrogens is 321 g/mol. The minimum atomic E-state index is 0. The third kappa shape index (κ3) is 5.34. The first-order chi connectivity index (χ1) is 9.61. The molecule has 0 aliphatic heterocycles. The zero-order chi connectivity index (χ0) is 14.5. The molecule has 1 aromatic rings. The van der Waals surface area contributed by atoms with Crippen molar-refractivity contribution in [3.63, 3.8) is 0 Å². The number of halogens is 2. The van der Waals surface area contributed by atoms with E-state index < -0.39 is 0 Å². The first-order valence-corrected chi connectivity index (χ1v) is 7.41. The molecular formula is C16H27Cl2N3O. The predicted octanol–water partition coefficient (Wildman–Crippen LogP) is 2.80. The smallest absolute Gasteiger partial charge is 0.239 e. The van der Waals surface area contributed by atoms with Crippen LogP contribution in [0.4, 0.5) is 5.69 Å². The minimum absolute atomic E-state index is 0. The van der Waals surface area contributed by atoms with Crippen LogP contribution >= 0.6 is 24.8 Å². The van der Waals surface area contributed by atoms with Crippen molar-refractivity contribution in [3.8, 4) is 0 Å². The van der Waals surface area contributed by atoms with Crippen LogP contribution in [-0.4, -0.2) is 25.0 Å². The van der Waals surface area contributed by atoms with Gasteiger partial charge in [0.25, 0.3) is 0 Å². The fourth-order valence-corrected chi connectivity index (χ4v) is 3.03. The van der Waals surface area contributed by atoms with E-state index in [-0.39, 0.29) is 36.8 Å². The van der Waals surface area contributed by atoms with E-state index in [1.807, 2.05) is 6.07 Å². The van der Waals surface area contributed by atoms with Gasteiger partial charge in [0.05, 0.1) is 6.54 Å². The Morgan fingerprint density at radius 2 is 1.86 bits per heavy atom. The van der Waals surface area contributed by atoms with Crippen LogP contribution in [0.2, 0.25) is 0 Å². The predicted molar refractivity (Wildman–Crippen MR) is 97.2 cm³/mol. The maximum Gasteiger partial charge on any atom is 0.239 e. The highest BCUT2D eigenvalue weighted by molar-refractivity contribution is 5.85. The monoisotopic (exact) mass is 347 g/mol. The van der Waals surface area contributed by atoms with Crippen LogP contribution in [0.5, 0.6) is 0 Å². The molecule has 1 fully saturated rings. The lowest BCUT2D eigenvalue weighted by molar-refractivity contribution is -0.120. The molecule has 4 N–H and O–H groups in total. The second kappa shape index (κ2) is 9.93. The number of rotatable bonds is 5. The van der Waals surface area contributed by atoms with Crippen LogP contribution in [0.3, 0.4) is 0 Å². The van der Waals surface area contributed by atoms with Gasteiger partial charge >= 0.3 is 0 Å². The molecule has 22 heavy (non-hydrogen) atoms. The number of amides is 1. The summed E-state index contributed by atoms with van der Waals surface area (Å²) in [6, 6.07) is 6.39. The van der Waals surface area contributed by atoms with Crippen LogP contribution in [0.1, 0.15) is 30.4 Å². The highest BCUT2D eigenvalue weighted by Crippen LogP contribution is 2.24. The number of benzene rings is 1. The Hall–Kier alpha value is -0.970. The van der Waals surface area contributed by atoms with Crippen molar-refractivity contribution < 1.29 is 4.79 Å². The van der Waals surface area contributed by atoms with Crippen LogP contribution in [0, 0.1) is 19.8 Å².